The molecule has 2 aromatic rings. The lowest BCUT2D eigenvalue weighted by atomic mass is 10.2. The molecule has 0 saturated carbocycles. The maximum Gasteiger partial charge on any atom is 0.342 e. The highest BCUT2D eigenvalue weighted by atomic mass is 35.5. The van der Waals surface area contributed by atoms with Crippen molar-refractivity contribution in [1.82, 2.24) is 0 Å². The maximum absolute atomic E-state index is 13.6. The van der Waals surface area contributed by atoms with E-state index in [1.165, 1.54) is 24.3 Å². The molecule has 2 rings (SSSR count). The Bertz CT molecular complexity index is 847. The molecule has 0 saturated heterocycles. The first kappa shape index (κ1) is 15.6. The summed E-state index contributed by atoms with van der Waals surface area (Å²) in [5, 5.41) is 8.68. The van der Waals surface area contributed by atoms with E-state index in [1.807, 2.05) is 6.07 Å². The fraction of sp³-hybridized carbons (Fsp3) is 0. The summed E-state index contributed by atoms with van der Waals surface area (Å²) in [4.78, 5) is -0.660. The van der Waals surface area contributed by atoms with E-state index in [0.717, 1.165) is 12.1 Å². The molecule has 0 fully saturated rings. The number of hydrogen-bond acceptors (Lipinski definition) is 4. The monoisotopic (exact) mass is 345 g/mol. The second-order valence-electron chi connectivity index (χ2n) is 3.87. The zero-order valence-corrected chi connectivity index (χ0v) is 12.5. The van der Waals surface area contributed by atoms with Gasteiger partial charge in [0.25, 0.3) is 0 Å². The van der Waals surface area contributed by atoms with Crippen molar-refractivity contribution in [3.63, 3.8) is 0 Å². The number of rotatable bonds is 3. The van der Waals surface area contributed by atoms with Gasteiger partial charge in [-0.25, -0.2) is 4.39 Å². The summed E-state index contributed by atoms with van der Waals surface area (Å²) in [7, 11) is -4.40. The van der Waals surface area contributed by atoms with Crippen molar-refractivity contribution in [2.24, 2.45) is 0 Å². The molecule has 0 bridgehead atoms. The van der Waals surface area contributed by atoms with Gasteiger partial charge < -0.3 is 4.18 Å². The molecule has 0 N–H and O–H groups in total. The Morgan fingerprint density at radius 2 is 1.86 bits per heavy atom. The quantitative estimate of drug-likeness (QED) is 0.794. The zero-order chi connectivity index (χ0) is 15.6. The van der Waals surface area contributed by atoms with E-state index in [4.69, 9.17) is 32.6 Å². The van der Waals surface area contributed by atoms with E-state index in [9.17, 15) is 12.8 Å². The summed E-state index contributed by atoms with van der Waals surface area (Å²) in [5.74, 6) is -1.24. The lowest BCUT2D eigenvalue weighted by molar-refractivity contribution is 0.476. The van der Waals surface area contributed by atoms with E-state index in [2.05, 4.69) is 0 Å². The average Bonchev–Trinajstić information content (AvgIpc) is 2.40. The summed E-state index contributed by atoms with van der Waals surface area (Å²) in [6.45, 7) is 0. The molecule has 8 heteroatoms. The molecule has 0 aromatic heterocycles. The topological polar surface area (TPSA) is 67.2 Å². The fourth-order valence-corrected chi connectivity index (χ4v) is 2.91. The average molecular weight is 346 g/mol. The number of benzene rings is 2. The van der Waals surface area contributed by atoms with Crippen molar-refractivity contribution < 1.29 is 17.0 Å². The van der Waals surface area contributed by atoms with Crippen LogP contribution in [-0.4, -0.2) is 8.42 Å². The fourth-order valence-electron chi connectivity index (χ4n) is 1.48. The Kier molecular flexibility index (Phi) is 4.37. The number of hydrogen-bond donors (Lipinski definition) is 0. The highest BCUT2D eigenvalue weighted by Crippen LogP contribution is 2.29. The third-order valence-electron chi connectivity index (χ3n) is 2.42. The molecule has 0 aliphatic heterocycles. The minimum Gasteiger partial charge on any atom is -0.377 e. The van der Waals surface area contributed by atoms with Gasteiger partial charge in [-0.3, -0.25) is 0 Å². The number of halogens is 3. The van der Waals surface area contributed by atoms with Gasteiger partial charge in [-0.15, -0.1) is 0 Å². The van der Waals surface area contributed by atoms with Crippen LogP contribution in [0.5, 0.6) is 5.75 Å². The van der Waals surface area contributed by atoms with Crippen molar-refractivity contribution in [3.05, 3.63) is 57.8 Å². The Morgan fingerprint density at radius 3 is 2.43 bits per heavy atom. The Labute approximate surface area is 130 Å². The first-order valence-corrected chi connectivity index (χ1v) is 7.59. The molecule has 21 heavy (non-hydrogen) atoms. The molecular weight excluding hydrogens is 340 g/mol. The lowest BCUT2D eigenvalue weighted by Crippen LogP contribution is -2.12. The van der Waals surface area contributed by atoms with Crippen molar-refractivity contribution in [1.29, 1.82) is 5.26 Å². The van der Waals surface area contributed by atoms with Crippen molar-refractivity contribution in [2.75, 3.05) is 0 Å². The van der Waals surface area contributed by atoms with Crippen LogP contribution in [0.2, 0.25) is 10.0 Å². The van der Waals surface area contributed by atoms with Gasteiger partial charge in [0.15, 0.2) is 5.75 Å². The molecule has 0 aliphatic rings. The van der Waals surface area contributed by atoms with Gasteiger partial charge in [0.2, 0.25) is 0 Å². The summed E-state index contributed by atoms with van der Waals surface area (Å²) in [5.41, 5.74) is 0.238. The van der Waals surface area contributed by atoms with E-state index in [-0.39, 0.29) is 21.4 Å². The molecule has 0 heterocycles. The summed E-state index contributed by atoms with van der Waals surface area (Å²) in [6.07, 6.45) is 0. The van der Waals surface area contributed by atoms with Crippen LogP contribution in [0.1, 0.15) is 5.56 Å². The molecule has 0 radical (unpaired) electrons. The summed E-state index contributed by atoms with van der Waals surface area (Å²) < 4.78 is 42.5. The molecule has 108 valence electrons. The van der Waals surface area contributed by atoms with Crippen molar-refractivity contribution in [3.8, 4) is 11.8 Å². The molecule has 0 spiro atoms. The van der Waals surface area contributed by atoms with Crippen LogP contribution in [0.15, 0.2) is 41.3 Å². The minimum absolute atomic E-state index is 0.0582. The van der Waals surface area contributed by atoms with E-state index in [0.29, 0.717) is 0 Å². The van der Waals surface area contributed by atoms with Gasteiger partial charge in [0, 0.05) is 5.02 Å². The van der Waals surface area contributed by atoms with Gasteiger partial charge in [-0.05, 0) is 36.4 Å². The van der Waals surface area contributed by atoms with Crippen LogP contribution in [0.25, 0.3) is 0 Å². The van der Waals surface area contributed by atoms with Crippen LogP contribution in [0.4, 0.5) is 4.39 Å². The highest BCUT2D eigenvalue weighted by molar-refractivity contribution is 7.87. The smallest absolute Gasteiger partial charge is 0.342 e. The first-order chi connectivity index (χ1) is 9.83. The van der Waals surface area contributed by atoms with Gasteiger partial charge in [0.05, 0.1) is 16.7 Å². The standard InChI is InChI=1S/C13H6Cl2FNO3S/c14-9-2-4-13(11(16)6-9)21(18,19)20-12-3-1-8(7-17)5-10(12)15/h1-6H. The third kappa shape index (κ3) is 3.45. The molecule has 0 amide bonds. The predicted octanol–water partition coefficient (Wildman–Crippen LogP) is 3.77. The molecule has 0 aliphatic carbocycles. The molecule has 0 atom stereocenters. The predicted molar refractivity (Wildman–Crippen MR) is 75.4 cm³/mol. The highest BCUT2D eigenvalue weighted by Gasteiger charge is 2.22. The van der Waals surface area contributed by atoms with Gasteiger partial charge in [-0.2, -0.15) is 13.7 Å². The minimum atomic E-state index is -4.40. The van der Waals surface area contributed by atoms with Gasteiger partial charge in [0.1, 0.15) is 10.7 Å². The van der Waals surface area contributed by atoms with Crippen LogP contribution in [0.3, 0.4) is 0 Å². The third-order valence-corrected chi connectivity index (χ3v) is 4.22. The number of nitriles is 1. The maximum atomic E-state index is 13.6. The number of nitrogens with zero attached hydrogens (tertiary/aromatic N) is 1. The molecule has 2 aromatic carbocycles. The molecule has 4 nitrogen and oxygen atoms in total. The van der Waals surface area contributed by atoms with E-state index >= 15 is 0 Å². The van der Waals surface area contributed by atoms with Crippen LogP contribution >= 0.6 is 23.2 Å². The Balaban J connectivity index is 2.40. The second-order valence-corrected chi connectivity index (χ2v) is 6.23. The van der Waals surface area contributed by atoms with Crippen LogP contribution in [0, 0.1) is 17.1 Å². The zero-order valence-electron chi connectivity index (χ0n) is 10.2. The normalized spacial score (nSPS) is 11.0. The lowest BCUT2D eigenvalue weighted by Gasteiger charge is -2.09. The van der Waals surface area contributed by atoms with E-state index in [1.54, 1.807) is 0 Å². The first-order valence-electron chi connectivity index (χ1n) is 5.42. The summed E-state index contributed by atoms with van der Waals surface area (Å²) >= 11 is 11.4. The van der Waals surface area contributed by atoms with Crippen LogP contribution < -0.4 is 4.18 Å². The largest absolute Gasteiger partial charge is 0.377 e. The second kappa shape index (κ2) is 5.90. The van der Waals surface area contributed by atoms with Gasteiger partial charge in [-0.1, -0.05) is 23.2 Å². The van der Waals surface area contributed by atoms with Crippen LogP contribution in [-0.2, 0) is 10.1 Å². The van der Waals surface area contributed by atoms with E-state index < -0.39 is 20.8 Å². The SMILES string of the molecule is N#Cc1ccc(OS(=O)(=O)c2ccc(Cl)cc2F)c(Cl)c1. The molecular formula is C13H6Cl2FNO3S. The van der Waals surface area contributed by atoms with Crippen molar-refractivity contribution in [2.45, 2.75) is 4.90 Å². The Morgan fingerprint density at radius 1 is 1.14 bits per heavy atom. The summed E-state index contributed by atoms with van der Waals surface area (Å²) in [6, 6.07) is 8.70. The van der Waals surface area contributed by atoms with Crippen molar-refractivity contribution >= 4 is 33.3 Å². The Hall–Kier alpha value is -1.81. The molecule has 0 unspecified atom stereocenters. The van der Waals surface area contributed by atoms with Gasteiger partial charge >= 0.3 is 10.1 Å².